The highest BCUT2D eigenvalue weighted by molar-refractivity contribution is 6.55. The van der Waals surface area contributed by atoms with Gasteiger partial charge in [-0.1, -0.05) is 70.0 Å². The van der Waals surface area contributed by atoms with Crippen LogP contribution in [0.4, 0.5) is 10.1 Å². The van der Waals surface area contributed by atoms with Gasteiger partial charge in [-0.3, -0.25) is 14.5 Å². The van der Waals surface area contributed by atoms with Gasteiger partial charge in [-0.25, -0.2) is 4.39 Å². The van der Waals surface area contributed by atoms with E-state index in [2.05, 4.69) is 5.92 Å². The minimum absolute atomic E-state index is 0.0127. The predicted molar refractivity (Wildman–Crippen MR) is 148 cm³/mol. The van der Waals surface area contributed by atoms with Gasteiger partial charge < -0.3 is 5.73 Å². The first-order chi connectivity index (χ1) is 17.9. The molecule has 2 atom stereocenters. The highest BCUT2D eigenvalue weighted by Crippen LogP contribution is 2.74. The Balaban J connectivity index is 1.86. The summed E-state index contributed by atoms with van der Waals surface area (Å²) in [6.07, 6.45) is 5.48. The monoisotopic (exact) mass is 607 g/mol. The van der Waals surface area contributed by atoms with Crippen molar-refractivity contribution in [2.24, 2.45) is 5.73 Å². The van der Waals surface area contributed by atoms with Crippen LogP contribution in [0.2, 0.25) is 15.1 Å². The lowest BCUT2D eigenvalue weighted by Gasteiger charge is -2.23. The molecule has 3 aromatic carbocycles. The highest BCUT2D eigenvalue weighted by Gasteiger charge is 2.80. The van der Waals surface area contributed by atoms with Crippen LogP contribution < -0.4 is 10.6 Å². The Labute approximate surface area is 242 Å². The van der Waals surface area contributed by atoms with Crippen molar-refractivity contribution in [3.63, 3.8) is 0 Å². The van der Waals surface area contributed by atoms with Gasteiger partial charge in [0.15, 0.2) is 0 Å². The van der Waals surface area contributed by atoms with Crippen LogP contribution in [0.5, 0.6) is 0 Å². The number of hydrogen-bond acceptors (Lipinski definition) is 3. The van der Waals surface area contributed by atoms with Gasteiger partial charge in [0.25, 0.3) is 5.91 Å². The number of nitrogens with two attached hydrogens (primary N) is 1. The van der Waals surface area contributed by atoms with E-state index in [1.807, 2.05) is 6.07 Å². The van der Waals surface area contributed by atoms with Gasteiger partial charge in [0.05, 0.1) is 28.4 Å². The molecule has 11 heteroatoms. The number of primary amides is 1. The Hall–Kier alpha value is -2.97. The lowest BCUT2D eigenvalue weighted by atomic mass is 9.88. The maximum atomic E-state index is 13.7. The van der Waals surface area contributed by atoms with E-state index in [0.717, 1.165) is 17.0 Å². The number of amides is 2. The molecule has 1 saturated carbocycles. The molecular formula is C27H15Cl5FN3O2. The van der Waals surface area contributed by atoms with Crippen LogP contribution in [-0.4, -0.2) is 22.7 Å². The molecule has 0 aromatic heterocycles. The zero-order chi connectivity index (χ0) is 28.0. The van der Waals surface area contributed by atoms with Crippen LogP contribution in [0.25, 0.3) is 0 Å². The van der Waals surface area contributed by atoms with Crippen molar-refractivity contribution in [1.29, 1.82) is 5.26 Å². The zero-order valence-electron chi connectivity index (χ0n) is 19.1. The first-order valence-corrected chi connectivity index (χ1v) is 12.7. The third-order valence-electron chi connectivity index (χ3n) is 6.36. The topological polar surface area (TPSA) is 87.2 Å². The molecule has 0 spiro atoms. The van der Waals surface area contributed by atoms with E-state index in [0.29, 0.717) is 15.6 Å². The van der Waals surface area contributed by atoms with Gasteiger partial charge in [0.1, 0.15) is 21.6 Å². The normalized spacial score (nSPS) is 19.2. The molecule has 4 rings (SSSR count). The molecule has 38 heavy (non-hydrogen) atoms. The summed E-state index contributed by atoms with van der Waals surface area (Å²) in [7, 11) is 0. The van der Waals surface area contributed by atoms with Gasteiger partial charge in [0, 0.05) is 16.0 Å². The number of alkyl halides is 2. The van der Waals surface area contributed by atoms with Crippen molar-refractivity contribution < 1.29 is 14.0 Å². The van der Waals surface area contributed by atoms with E-state index in [9.17, 15) is 19.2 Å². The molecule has 0 aliphatic heterocycles. The third kappa shape index (κ3) is 4.47. The molecule has 192 valence electrons. The first-order valence-electron chi connectivity index (χ1n) is 10.8. The molecule has 3 aromatic rings. The van der Waals surface area contributed by atoms with E-state index < -0.39 is 33.3 Å². The summed E-state index contributed by atoms with van der Waals surface area (Å²) in [4.78, 5) is 27.8. The average molecular weight is 610 g/mol. The summed E-state index contributed by atoms with van der Waals surface area (Å²) in [5, 5.41) is 10.1. The van der Waals surface area contributed by atoms with Gasteiger partial charge in [-0.15, -0.1) is 6.42 Å². The first kappa shape index (κ1) is 28.0. The van der Waals surface area contributed by atoms with Crippen LogP contribution in [0.15, 0.2) is 54.6 Å². The van der Waals surface area contributed by atoms with E-state index in [-0.39, 0.29) is 33.9 Å². The van der Waals surface area contributed by atoms with Crippen LogP contribution in [0, 0.1) is 29.5 Å². The quantitative estimate of drug-likeness (QED) is 0.251. The van der Waals surface area contributed by atoms with Gasteiger partial charge >= 0.3 is 0 Å². The van der Waals surface area contributed by atoms with Crippen LogP contribution in [0.3, 0.4) is 0 Å². The van der Waals surface area contributed by atoms with Gasteiger partial charge in [-0.2, -0.15) is 5.26 Å². The lowest BCUT2D eigenvalue weighted by Crippen LogP contribution is -2.35. The fourth-order valence-corrected chi connectivity index (χ4v) is 6.52. The van der Waals surface area contributed by atoms with Crippen LogP contribution in [0.1, 0.15) is 33.0 Å². The summed E-state index contributed by atoms with van der Waals surface area (Å²) >= 11 is 32.1. The Morgan fingerprint density at radius 3 is 2.29 bits per heavy atom. The molecule has 2 unspecified atom stereocenters. The Kier molecular flexibility index (Phi) is 7.60. The number of rotatable bonds is 6. The molecule has 1 fully saturated rings. The largest absolute Gasteiger partial charge is 0.369 e. The van der Waals surface area contributed by atoms with Gasteiger partial charge in [0.2, 0.25) is 5.91 Å². The van der Waals surface area contributed by atoms with Crippen molar-refractivity contribution in [1.82, 2.24) is 0 Å². The van der Waals surface area contributed by atoms with Crippen molar-refractivity contribution >= 4 is 75.5 Å². The molecule has 1 aliphatic carbocycles. The molecule has 2 amide bonds. The molecule has 0 radical (unpaired) electrons. The summed E-state index contributed by atoms with van der Waals surface area (Å²) in [5.74, 6) is -0.741. The summed E-state index contributed by atoms with van der Waals surface area (Å²) in [6, 6.07) is 14.0. The zero-order valence-corrected chi connectivity index (χ0v) is 22.9. The molecule has 0 heterocycles. The highest BCUT2D eigenvalue weighted by atomic mass is 35.5. The fraction of sp³-hybridized carbons (Fsp3) is 0.148. The number of anilines is 1. The number of carbonyl (C=O) groups is 2. The van der Waals surface area contributed by atoms with E-state index in [4.69, 9.17) is 70.2 Å². The molecular weight excluding hydrogens is 595 g/mol. The van der Waals surface area contributed by atoms with E-state index in [1.54, 1.807) is 12.1 Å². The second kappa shape index (κ2) is 10.3. The molecule has 1 aliphatic rings. The Morgan fingerprint density at radius 2 is 1.71 bits per heavy atom. The Morgan fingerprint density at radius 1 is 1.05 bits per heavy atom. The van der Waals surface area contributed by atoms with Crippen molar-refractivity contribution in [3.05, 3.63) is 97.7 Å². The second-order valence-electron chi connectivity index (χ2n) is 8.49. The minimum atomic E-state index is -1.72. The lowest BCUT2D eigenvalue weighted by molar-refractivity contribution is -0.120. The van der Waals surface area contributed by atoms with Crippen molar-refractivity contribution in [3.8, 4) is 18.4 Å². The van der Waals surface area contributed by atoms with Gasteiger partial charge in [-0.05, 0) is 59.7 Å². The van der Waals surface area contributed by atoms with E-state index >= 15 is 0 Å². The van der Waals surface area contributed by atoms with E-state index in [1.165, 1.54) is 30.3 Å². The number of terminal acetylenes is 1. The number of halogens is 6. The number of nitriles is 1. The second-order valence-corrected chi connectivity index (χ2v) is 11.2. The molecule has 0 bridgehead atoms. The smallest absolute Gasteiger partial charge is 0.260 e. The molecule has 5 nitrogen and oxygen atoms in total. The maximum absolute atomic E-state index is 13.7. The molecule has 2 N–H and O–H groups in total. The average Bonchev–Trinajstić information content (AvgIpc) is 3.39. The van der Waals surface area contributed by atoms with Crippen LogP contribution in [-0.2, 0) is 10.2 Å². The SMILES string of the molecule is C#CCN(C(=O)c1cc(C2(C(N)=O)C(c3cc(Cl)cc(Cl)c3)C2(Cl)Cl)ccc1Cl)c1ccc(F)cc1C#N. The maximum Gasteiger partial charge on any atom is 0.260 e. The van der Waals surface area contributed by atoms with Crippen LogP contribution >= 0.6 is 58.0 Å². The number of hydrogen-bond donors (Lipinski definition) is 1. The fourth-order valence-electron chi connectivity index (χ4n) is 4.68. The predicted octanol–water partition coefficient (Wildman–Crippen LogP) is 6.63. The number of nitrogens with zero attached hydrogens (tertiary/aromatic N) is 2. The minimum Gasteiger partial charge on any atom is -0.369 e. The Bertz CT molecular complexity index is 1560. The number of benzene rings is 3. The summed E-state index contributed by atoms with van der Waals surface area (Å²) < 4.78 is 12.0. The summed E-state index contributed by atoms with van der Waals surface area (Å²) in [5.41, 5.74) is 4.75. The van der Waals surface area contributed by atoms with Crippen molar-refractivity contribution in [2.75, 3.05) is 11.4 Å². The van der Waals surface area contributed by atoms with Crippen molar-refractivity contribution in [2.45, 2.75) is 15.7 Å². The molecule has 0 saturated heterocycles. The standard InChI is InChI=1S/C27H15Cl5FN3O2/c1-2-7-36(22-6-4-19(33)10-15(22)13-34)24(37)20-11-16(3-5-21(20)30)26(25(35)38)23(27(26,31)32)14-8-17(28)12-18(29)9-14/h1,3-6,8-12,23H,7H2,(H2,35,38). The summed E-state index contributed by atoms with van der Waals surface area (Å²) in [6.45, 7) is -0.265. The third-order valence-corrected chi connectivity index (χ3v) is 8.16. The number of carbonyl (C=O) groups excluding carboxylic acids is 2.